The van der Waals surface area contributed by atoms with Crippen LogP contribution in [0.3, 0.4) is 0 Å². The highest BCUT2D eigenvalue weighted by Gasteiger charge is 2.53. The molecule has 0 saturated heterocycles. The molecule has 2 saturated carbocycles. The summed E-state index contributed by atoms with van der Waals surface area (Å²) in [5.74, 6) is -0.907. The Hall–Kier alpha value is -2.18. The Labute approximate surface area is 215 Å². The molecule has 2 aromatic carbocycles. The van der Waals surface area contributed by atoms with Crippen LogP contribution in [0.5, 0.6) is 0 Å². The molecule has 1 aliphatic heterocycles. The summed E-state index contributed by atoms with van der Waals surface area (Å²) in [6.45, 7) is 6.75. The Morgan fingerprint density at radius 1 is 0.972 bits per heavy atom. The van der Waals surface area contributed by atoms with Gasteiger partial charge in [-0.3, -0.25) is 9.79 Å². The number of carbonyl (C=O) groups excluding carboxylic acids is 1. The lowest BCUT2D eigenvalue weighted by Crippen LogP contribution is -2.54. The van der Waals surface area contributed by atoms with Crippen molar-refractivity contribution in [1.29, 1.82) is 0 Å². The Morgan fingerprint density at radius 3 is 2.19 bits per heavy atom. The molecule has 0 N–H and O–H groups in total. The first-order valence-electron chi connectivity index (χ1n) is 13.5. The summed E-state index contributed by atoms with van der Waals surface area (Å²) < 4.78 is 34.3. The summed E-state index contributed by atoms with van der Waals surface area (Å²) in [6, 6.07) is 12.7. The zero-order chi connectivity index (χ0) is 25.4. The third kappa shape index (κ3) is 4.99. The van der Waals surface area contributed by atoms with Gasteiger partial charge in [0.2, 0.25) is 0 Å². The Kier molecular flexibility index (Phi) is 7.28. The zero-order valence-corrected chi connectivity index (χ0v) is 23.0. The number of hydrogen-bond acceptors (Lipinski definition) is 3. The van der Waals surface area contributed by atoms with E-state index in [1.54, 1.807) is 12.1 Å². The van der Waals surface area contributed by atoms with Gasteiger partial charge in [-0.25, -0.2) is 8.78 Å². The lowest BCUT2D eigenvalue weighted by molar-refractivity contribution is 0.00101. The summed E-state index contributed by atoms with van der Waals surface area (Å²) in [5, 5.41) is 0. The van der Waals surface area contributed by atoms with E-state index in [0.717, 1.165) is 49.8 Å². The second-order valence-corrected chi connectivity index (χ2v) is 12.6. The maximum Gasteiger partial charge on any atom is 0.172 e. The van der Waals surface area contributed by atoms with Crippen LogP contribution < -0.4 is 0 Å². The van der Waals surface area contributed by atoms with E-state index in [4.69, 9.17) is 9.42 Å². The first-order valence-corrected chi connectivity index (χ1v) is 15.5. The molecule has 5 unspecified atom stereocenters. The van der Waals surface area contributed by atoms with Gasteiger partial charge in [0.15, 0.2) is 15.5 Å². The summed E-state index contributed by atoms with van der Waals surface area (Å²) in [6.07, 6.45) is 6.29. The molecule has 3 nitrogen and oxygen atoms in total. The van der Waals surface area contributed by atoms with Gasteiger partial charge in [-0.2, -0.15) is 0 Å². The maximum atomic E-state index is 14.3. The molecule has 0 bridgehead atoms. The molecule has 3 aliphatic rings. The summed E-state index contributed by atoms with van der Waals surface area (Å²) in [4.78, 5) is 19.7. The molecule has 0 amide bonds. The van der Waals surface area contributed by atoms with Gasteiger partial charge in [0.05, 0.1) is 18.1 Å². The summed E-state index contributed by atoms with van der Waals surface area (Å²) in [5.41, 5.74) is 2.60. The van der Waals surface area contributed by atoms with Gasteiger partial charge in [0.1, 0.15) is 11.6 Å². The van der Waals surface area contributed by atoms with Gasteiger partial charge < -0.3 is 4.43 Å². The van der Waals surface area contributed by atoms with Gasteiger partial charge in [-0.1, -0.05) is 45.4 Å². The van der Waals surface area contributed by atoms with E-state index in [2.05, 4.69) is 20.4 Å². The molecule has 5 atom stereocenters. The SMILES string of the molecule is C[SiH2]OC1CC(C)(C)CC2N=C(C3CCCC3)C(C(=O)c3ccc(F)cc3)C(c3ccc(F)cc3)C21. The van der Waals surface area contributed by atoms with Crippen LogP contribution in [0, 0.1) is 34.8 Å². The van der Waals surface area contributed by atoms with E-state index in [-0.39, 0.29) is 52.7 Å². The van der Waals surface area contributed by atoms with Crippen molar-refractivity contribution >= 4 is 21.3 Å². The average Bonchev–Trinajstić information content (AvgIpc) is 3.38. The van der Waals surface area contributed by atoms with Crippen molar-refractivity contribution in [3.8, 4) is 0 Å². The van der Waals surface area contributed by atoms with Crippen LogP contribution in [0.4, 0.5) is 8.78 Å². The van der Waals surface area contributed by atoms with Crippen molar-refractivity contribution in [3.05, 3.63) is 71.3 Å². The summed E-state index contributed by atoms with van der Waals surface area (Å²) >= 11 is 0. The summed E-state index contributed by atoms with van der Waals surface area (Å²) in [7, 11) is -0.690. The van der Waals surface area contributed by atoms with Crippen LogP contribution in [-0.2, 0) is 4.43 Å². The Balaban J connectivity index is 1.69. The van der Waals surface area contributed by atoms with E-state index in [1.165, 1.54) is 24.3 Å². The van der Waals surface area contributed by atoms with E-state index in [9.17, 15) is 13.6 Å². The second-order valence-electron chi connectivity index (χ2n) is 11.7. The minimum absolute atomic E-state index is 0.00856. The fraction of sp³-hybridized carbons (Fsp3) is 0.533. The molecule has 0 aromatic heterocycles. The van der Waals surface area contributed by atoms with Crippen LogP contribution in [0.2, 0.25) is 6.55 Å². The van der Waals surface area contributed by atoms with Gasteiger partial charge in [-0.05, 0) is 79.0 Å². The molecular formula is C30H37F2NO2Si. The molecule has 192 valence electrons. The van der Waals surface area contributed by atoms with Gasteiger partial charge in [0.25, 0.3) is 0 Å². The largest absolute Gasteiger partial charge is 0.421 e. The van der Waals surface area contributed by atoms with Crippen molar-refractivity contribution in [2.45, 2.75) is 77.0 Å². The zero-order valence-electron chi connectivity index (χ0n) is 21.6. The number of carbonyl (C=O) groups is 1. The molecule has 2 aromatic rings. The second kappa shape index (κ2) is 10.3. The van der Waals surface area contributed by atoms with Crippen molar-refractivity contribution in [2.24, 2.45) is 28.2 Å². The fourth-order valence-corrected chi connectivity index (χ4v) is 7.92. The number of hydrogen-bond donors (Lipinski definition) is 0. The normalized spacial score (nSPS) is 30.4. The molecule has 0 spiro atoms. The van der Waals surface area contributed by atoms with Crippen LogP contribution in [-0.4, -0.2) is 33.4 Å². The molecule has 36 heavy (non-hydrogen) atoms. The van der Waals surface area contributed by atoms with Crippen LogP contribution in [0.1, 0.15) is 74.2 Å². The predicted molar refractivity (Wildman–Crippen MR) is 142 cm³/mol. The smallest absolute Gasteiger partial charge is 0.172 e. The average molecular weight is 510 g/mol. The highest BCUT2D eigenvalue weighted by Crippen LogP contribution is 2.53. The highest BCUT2D eigenvalue weighted by atomic mass is 28.2. The van der Waals surface area contributed by atoms with E-state index in [0.29, 0.717) is 5.56 Å². The maximum absolute atomic E-state index is 14.3. The lowest BCUT2D eigenvalue weighted by atomic mass is 9.57. The molecule has 2 fully saturated rings. The number of benzene rings is 2. The Bertz CT molecular complexity index is 1110. The number of nitrogens with zero attached hydrogens (tertiary/aromatic N) is 1. The first kappa shape index (κ1) is 25.5. The molecule has 0 radical (unpaired) electrons. The van der Waals surface area contributed by atoms with Crippen molar-refractivity contribution in [3.63, 3.8) is 0 Å². The van der Waals surface area contributed by atoms with Crippen LogP contribution in [0.15, 0.2) is 53.5 Å². The highest BCUT2D eigenvalue weighted by molar-refractivity contribution is 6.24. The van der Waals surface area contributed by atoms with E-state index in [1.807, 2.05) is 12.1 Å². The van der Waals surface area contributed by atoms with Crippen molar-refractivity contribution < 1.29 is 18.0 Å². The van der Waals surface area contributed by atoms with Crippen LogP contribution in [0.25, 0.3) is 0 Å². The van der Waals surface area contributed by atoms with Gasteiger partial charge in [-0.15, -0.1) is 0 Å². The van der Waals surface area contributed by atoms with Crippen molar-refractivity contribution in [1.82, 2.24) is 0 Å². The molecule has 1 heterocycles. The molecule has 5 rings (SSSR count). The Morgan fingerprint density at radius 2 is 1.58 bits per heavy atom. The number of Topliss-reactive ketones (excluding diaryl/α,β-unsaturated/α-hetero) is 1. The van der Waals surface area contributed by atoms with Crippen molar-refractivity contribution in [2.75, 3.05) is 0 Å². The van der Waals surface area contributed by atoms with E-state index < -0.39 is 15.7 Å². The third-order valence-electron chi connectivity index (χ3n) is 8.62. The number of halogens is 2. The number of aliphatic imine (C=N–C) groups is 1. The third-order valence-corrected chi connectivity index (χ3v) is 9.38. The topological polar surface area (TPSA) is 38.7 Å². The monoisotopic (exact) mass is 509 g/mol. The number of fused-ring (bicyclic) bond motifs is 1. The standard InChI is InChI=1S/C30H37F2NO2Si/c1-30(2)16-23-26(24(17-30)35-36-3)25(18-8-12-21(31)13-9-18)27(28(33-23)19-6-4-5-7-19)29(34)20-10-14-22(32)15-11-20/h8-15,19,23-27H,4-7,16-17,36H2,1-3H3. The van der Waals surface area contributed by atoms with Gasteiger partial charge >= 0.3 is 0 Å². The minimum Gasteiger partial charge on any atom is -0.421 e. The molecular weight excluding hydrogens is 472 g/mol. The molecule has 6 heteroatoms. The van der Waals surface area contributed by atoms with Gasteiger partial charge in [0, 0.05) is 23.1 Å². The molecule has 2 aliphatic carbocycles. The van der Waals surface area contributed by atoms with Crippen LogP contribution >= 0.6 is 0 Å². The quantitative estimate of drug-likeness (QED) is 0.329. The lowest BCUT2D eigenvalue weighted by Gasteiger charge is -2.52. The number of ketones is 1. The fourth-order valence-electron chi connectivity index (χ4n) is 7.15. The van der Waals surface area contributed by atoms with E-state index >= 15 is 0 Å². The minimum atomic E-state index is -0.690. The first-order chi connectivity index (χ1) is 17.3. The predicted octanol–water partition coefficient (Wildman–Crippen LogP) is 6.51. The number of rotatable bonds is 6.